The van der Waals surface area contributed by atoms with Gasteiger partial charge in [-0.05, 0) is 87.9 Å². The van der Waals surface area contributed by atoms with Crippen LogP contribution in [0.1, 0.15) is 0 Å². The Morgan fingerprint density at radius 3 is 1.50 bits per heavy atom. The number of benzene rings is 10. The van der Waals surface area contributed by atoms with E-state index in [0.29, 0.717) is 0 Å². The number of para-hydroxylation sites is 3. The third-order valence-corrected chi connectivity index (χ3v) is 12.7. The van der Waals surface area contributed by atoms with Crippen LogP contribution in [-0.4, -0.2) is 19.1 Å². The molecule has 62 heavy (non-hydrogen) atoms. The highest BCUT2D eigenvalue weighted by Crippen LogP contribution is 2.44. The summed E-state index contributed by atoms with van der Waals surface area (Å²) in [4.78, 5) is 10.6. The first-order valence-electron chi connectivity index (χ1n) is 21.2. The van der Waals surface area contributed by atoms with Crippen molar-refractivity contribution >= 4 is 76.1 Å². The molecule has 0 radical (unpaired) electrons. The van der Waals surface area contributed by atoms with Crippen LogP contribution in [0.2, 0.25) is 0 Å². The van der Waals surface area contributed by atoms with Gasteiger partial charge in [-0.25, -0.2) is 9.97 Å². The highest BCUT2D eigenvalue weighted by atomic mass is 15.0. The van der Waals surface area contributed by atoms with Crippen LogP contribution >= 0.6 is 0 Å². The minimum absolute atomic E-state index is 0.718. The number of hydrogen-bond donors (Lipinski definition) is 0. The molecule has 0 spiro atoms. The van der Waals surface area contributed by atoms with Crippen LogP contribution in [0.25, 0.3) is 121 Å². The fraction of sp³-hybridized carbons (Fsp3) is 0. The molecule has 0 aliphatic heterocycles. The summed E-state index contributed by atoms with van der Waals surface area (Å²) in [6.07, 6.45) is 0. The molecule has 4 nitrogen and oxygen atoms in total. The second-order valence-corrected chi connectivity index (χ2v) is 16.1. The fourth-order valence-electron chi connectivity index (χ4n) is 9.93. The quantitative estimate of drug-likeness (QED) is 0.163. The van der Waals surface area contributed by atoms with E-state index in [2.05, 4.69) is 228 Å². The van der Waals surface area contributed by atoms with Gasteiger partial charge in [-0.3, -0.25) is 0 Å². The lowest BCUT2D eigenvalue weighted by atomic mass is 9.95. The number of hydrogen-bond acceptors (Lipinski definition) is 2. The number of aromatic nitrogens is 4. The number of nitrogens with zero attached hydrogens (tertiary/aromatic N) is 4. The minimum Gasteiger partial charge on any atom is -0.309 e. The van der Waals surface area contributed by atoms with E-state index in [1.165, 1.54) is 60.0 Å². The van der Waals surface area contributed by atoms with E-state index >= 15 is 0 Å². The van der Waals surface area contributed by atoms with Crippen molar-refractivity contribution in [2.45, 2.75) is 0 Å². The monoisotopic (exact) mass is 788 g/mol. The van der Waals surface area contributed by atoms with Crippen molar-refractivity contribution < 1.29 is 0 Å². The molecular weight excluding hydrogens is 753 g/mol. The summed E-state index contributed by atoms with van der Waals surface area (Å²) in [5.74, 6) is 0.718. The predicted octanol–water partition coefficient (Wildman–Crippen LogP) is 15.1. The summed E-state index contributed by atoms with van der Waals surface area (Å²) in [6, 6.07) is 78.6. The molecule has 13 aromatic rings. The Labute approximate surface area is 357 Å². The van der Waals surface area contributed by atoms with E-state index in [0.717, 1.165) is 61.2 Å². The molecule has 288 valence electrons. The molecule has 0 saturated heterocycles. The van der Waals surface area contributed by atoms with Crippen molar-refractivity contribution in [1.29, 1.82) is 0 Å². The van der Waals surface area contributed by atoms with Gasteiger partial charge in [0.2, 0.25) is 0 Å². The summed E-state index contributed by atoms with van der Waals surface area (Å²) in [5.41, 5.74) is 13.3. The number of fused-ring (bicyclic) bond motifs is 10. The summed E-state index contributed by atoms with van der Waals surface area (Å²) >= 11 is 0. The molecule has 0 saturated carbocycles. The lowest BCUT2D eigenvalue weighted by molar-refractivity contribution is 1.18. The maximum Gasteiger partial charge on any atom is 0.160 e. The van der Waals surface area contributed by atoms with Gasteiger partial charge in [0.1, 0.15) is 0 Å². The molecule has 0 unspecified atom stereocenters. The van der Waals surface area contributed by atoms with Gasteiger partial charge in [0, 0.05) is 54.8 Å². The normalized spacial score (nSPS) is 11.9. The van der Waals surface area contributed by atoms with Crippen LogP contribution in [0.15, 0.2) is 218 Å². The first kappa shape index (κ1) is 34.5. The fourth-order valence-corrected chi connectivity index (χ4v) is 9.93. The van der Waals surface area contributed by atoms with Crippen molar-refractivity contribution in [3.63, 3.8) is 0 Å². The zero-order valence-corrected chi connectivity index (χ0v) is 33.6. The Kier molecular flexibility index (Phi) is 7.57. The minimum atomic E-state index is 0.718. The molecular formula is C58H36N4. The van der Waals surface area contributed by atoms with E-state index in [9.17, 15) is 0 Å². The molecule has 10 aromatic carbocycles. The zero-order valence-electron chi connectivity index (χ0n) is 33.6. The van der Waals surface area contributed by atoms with Crippen molar-refractivity contribution in [3.8, 4) is 45.1 Å². The van der Waals surface area contributed by atoms with E-state index < -0.39 is 0 Å². The van der Waals surface area contributed by atoms with Crippen LogP contribution in [0.4, 0.5) is 0 Å². The molecule has 0 atom stereocenters. The Morgan fingerprint density at radius 1 is 0.306 bits per heavy atom. The van der Waals surface area contributed by atoms with Crippen LogP contribution in [0.5, 0.6) is 0 Å². The number of rotatable bonds is 5. The van der Waals surface area contributed by atoms with Crippen LogP contribution in [0.3, 0.4) is 0 Å². The van der Waals surface area contributed by atoms with Gasteiger partial charge in [-0.15, -0.1) is 0 Å². The third-order valence-electron chi connectivity index (χ3n) is 12.7. The van der Waals surface area contributed by atoms with Gasteiger partial charge in [-0.1, -0.05) is 158 Å². The highest BCUT2D eigenvalue weighted by molar-refractivity contribution is 6.22. The summed E-state index contributed by atoms with van der Waals surface area (Å²) in [6.45, 7) is 0. The van der Waals surface area contributed by atoms with Gasteiger partial charge in [-0.2, -0.15) is 0 Å². The SMILES string of the molecule is c1ccc(-n2c3ccccc3c3c(-c4cccc5c4c4ccccc4n5-c4ccc(-c5nc(-c6ccc7ccccc7c6)nc6c5ccc5ccccc56)cc4)cccc32)cc1. The molecule has 0 aliphatic rings. The first-order chi connectivity index (χ1) is 30.8. The van der Waals surface area contributed by atoms with Crippen molar-refractivity contribution in [2.75, 3.05) is 0 Å². The largest absolute Gasteiger partial charge is 0.309 e. The van der Waals surface area contributed by atoms with Crippen molar-refractivity contribution in [2.24, 2.45) is 0 Å². The van der Waals surface area contributed by atoms with Crippen LogP contribution in [-0.2, 0) is 0 Å². The highest BCUT2D eigenvalue weighted by Gasteiger charge is 2.21. The van der Waals surface area contributed by atoms with Crippen LogP contribution in [0, 0.1) is 0 Å². The van der Waals surface area contributed by atoms with Gasteiger partial charge >= 0.3 is 0 Å². The second kappa shape index (κ2) is 13.6. The van der Waals surface area contributed by atoms with Crippen molar-refractivity contribution in [1.82, 2.24) is 19.1 Å². The first-order valence-corrected chi connectivity index (χ1v) is 21.2. The second-order valence-electron chi connectivity index (χ2n) is 16.1. The summed E-state index contributed by atoms with van der Waals surface area (Å²) in [7, 11) is 0. The van der Waals surface area contributed by atoms with E-state index in [4.69, 9.17) is 9.97 Å². The molecule has 0 fully saturated rings. The van der Waals surface area contributed by atoms with E-state index in [1.54, 1.807) is 0 Å². The Morgan fingerprint density at radius 2 is 0.823 bits per heavy atom. The molecule has 3 heterocycles. The topological polar surface area (TPSA) is 35.6 Å². The Bertz CT molecular complexity index is 3910. The summed E-state index contributed by atoms with van der Waals surface area (Å²) < 4.78 is 4.81. The maximum atomic E-state index is 5.34. The third kappa shape index (κ3) is 5.20. The van der Waals surface area contributed by atoms with E-state index in [1.807, 2.05) is 0 Å². The molecule has 0 amide bonds. The maximum absolute atomic E-state index is 5.34. The smallest absolute Gasteiger partial charge is 0.160 e. The molecule has 0 bridgehead atoms. The lowest BCUT2D eigenvalue weighted by Gasteiger charge is -2.13. The molecule has 13 rings (SSSR count). The standard InChI is InChI=1S/C58H36N4/c1-2-17-42(18-3-1)61-50-24-10-8-20-47(50)54-45(22-12-26-52(54)61)46-23-13-27-53-55(46)48-21-9-11-25-51(48)62(53)43-33-30-39(31-34-43)56-49-35-32-38-15-6-7-19-44(38)57(49)60-58(59-56)41-29-28-37-14-4-5-16-40(37)36-41/h1-36H. The zero-order chi connectivity index (χ0) is 40.7. The van der Waals surface area contributed by atoms with Gasteiger partial charge in [0.25, 0.3) is 0 Å². The molecule has 3 aromatic heterocycles. The molecule has 0 aliphatic carbocycles. The molecule has 0 N–H and O–H groups in total. The average molecular weight is 789 g/mol. The van der Waals surface area contributed by atoms with Crippen molar-refractivity contribution in [3.05, 3.63) is 218 Å². The Balaban J connectivity index is 0.997. The van der Waals surface area contributed by atoms with Crippen LogP contribution < -0.4 is 0 Å². The van der Waals surface area contributed by atoms with E-state index in [-0.39, 0.29) is 0 Å². The average Bonchev–Trinajstić information content (AvgIpc) is 3.87. The summed E-state index contributed by atoms with van der Waals surface area (Å²) in [5, 5.41) is 10.6. The van der Waals surface area contributed by atoms with Gasteiger partial charge in [0.15, 0.2) is 5.82 Å². The molecule has 4 heteroatoms. The van der Waals surface area contributed by atoms with Gasteiger partial charge in [0.05, 0.1) is 33.3 Å². The Hall–Kier alpha value is -8.34. The van der Waals surface area contributed by atoms with Gasteiger partial charge < -0.3 is 9.13 Å². The predicted molar refractivity (Wildman–Crippen MR) is 260 cm³/mol. The lowest BCUT2D eigenvalue weighted by Crippen LogP contribution is -1.97.